The molecule has 15 heavy (non-hydrogen) atoms. The molecule has 0 radical (unpaired) electrons. The summed E-state index contributed by atoms with van der Waals surface area (Å²) in [6, 6.07) is 11.3. The first kappa shape index (κ1) is 10.5. The Morgan fingerprint density at radius 3 is 2.80 bits per heavy atom. The van der Waals surface area contributed by atoms with Crippen molar-refractivity contribution in [2.45, 2.75) is 0 Å². The van der Waals surface area contributed by atoms with Gasteiger partial charge in [0, 0.05) is 16.9 Å². The van der Waals surface area contributed by atoms with Crippen LogP contribution < -0.4 is 5.32 Å². The molecule has 0 amide bonds. The SMILES string of the molecule is Clc1cccc(Nc2ncccc2Br)c1. The van der Waals surface area contributed by atoms with E-state index in [1.54, 1.807) is 6.20 Å². The molecule has 1 aromatic heterocycles. The Balaban J connectivity index is 2.26. The van der Waals surface area contributed by atoms with Crippen LogP contribution in [0.5, 0.6) is 0 Å². The van der Waals surface area contributed by atoms with Crippen molar-refractivity contribution in [1.82, 2.24) is 4.98 Å². The van der Waals surface area contributed by atoms with Gasteiger partial charge in [-0.25, -0.2) is 4.98 Å². The number of anilines is 2. The Morgan fingerprint density at radius 2 is 2.07 bits per heavy atom. The lowest BCUT2D eigenvalue weighted by Crippen LogP contribution is -1.93. The summed E-state index contributed by atoms with van der Waals surface area (Å²) in [7, 11) is 0. The molecule has 0 aliphatic heterocycles. The van der Waals surface area contributed by atoms with E-state index in [4.69, 9.17) is 11.6 Å². The Hall–Kier alpha value is -1.06. The molecule has 0 aliphatic rings. The van der Waals surface area contributed by atoms with Crippen LogP contribution in [0.4, 0.5) is 11.5 Å². The van der Waals surface area contributed by atoms with Crippen molar-refractivity contribution < 1.29 is 0 Å². The highest BCUT2D eigenvalue weighted by molar-refractivity contribution is 9.10. The van der Waals surface area contributed by atoms with Gasteiger partial charge < -0.3 is 5.32 Å². The largest absolute Gasteiger partial charge is 0.339 e. The third kappa shape index (κ3) is 2.70. The standard InChI is InChI=1S/C11H8BrClN2/c12-10-5-2-6-14-11(10)15-9-4-1-3-8(13)7-9/h1-7H,(H,14,15). The van der Waals surface area contributed by atoms with E-state index in [0.29, 0.717) is 5.02 Å². The lowest BCUT2D eigenvalue weighted by Gasteiger charge is -2.06. The first-order valence-electron chi connectivity index (χ1n) is 4.39. The summed E-state index contributed by atoms with van der Waals surface area (Å²) < 4.78 is 0.921. The summed E-state index contributed by atoms with van der Waals surface area (Å²) in [5, 5.41) is 3.87. The minimum atomic E-state index is 0.701. The van der Waals surface area contributed by atoms with Crippen LogP contribution in [0.3, 0.4) is 0 Å². The van der Waals surface area contributed by atoms with Crippen LogP contribution in [0.15, 0.2) is 47.1 Å². The minimum absolute atomic E-state index is 0.701. The number of hydrogen-bond donors (Lipinski definition) is 1. The van der Waals surface area contributed by atoms with E-state index in [1.807, 2.05) is 36.4 Å². The fraction of sp³-hybridized carbons (Fsp3) is 0. The highest BCUT2D eigenvalue weighted by Gasteiger charge is 2.00. The molecule has 0 fully saturated rings. The summed E-state index contributed by atoms with van der Waals surface area (Å²) in [4.78, 5) is 4.20. The Morgan fingerprint density at radius 1 is 1.20 bits per heavy atom. The molecule has 0 atom stereocenters. The topological polar surface area (TPSA) is 24.9 Å². The monoisotopic (exact) mass is 282 g/mol. The minimum Gasteiger partial charge on any atom is -0.339 e. The number of benzene rings is 1. The summed E-state index contributed by atoms with van der Waals surface area (Å²) in [6.45, 7) is 0. The molecule has 1 heterocycles. The van der Waals surface area contributed by atoms with Crippen LogP contribution in [0.2, 0.25) is 5.02 Å². The third-order valence-electron chi connectivity index (χ3n) is 1.85. The predicted octanol–water partition coefficient (Wildman–Crippen LogP) is 4.24. The molecule has 0 unspecified atom stereocenters. The first-order valence-corrected chi connectivity index (χ1v) is 5.56. The molecule has 2 aromatic rings. The molecule has 4 heteroatoms. The molecule has 0 saturated carbocycles. The van der Waals surface area contributed by atoms with Crippen molar-refractivity contribution in [3.05, 3.63) is 52.1 Å². The Labute approximate surface area is 101 Å². The van der Waals surface area contributed by atoms with Crippen LogP contribution in [-0.4, -0.2) is 4.98 Å². The lowest BCUT2D eigenvalue weighted by atomic mass is 10.3. The van der Waals surface area contributed by atoms with Crippen molar-refractivity contribution >= 4 is 39.0 Å². The number of nitrogens with one attached hydrogen (secondary N) is 1. The molecule has 1 N–H and O–H groups in total. The van der Waals surface area contributed by atoms with Gasteiger partial charge in [0.1, 0.15) is 5.82 Å². The fourth-order valence-electron chi connectivity index (χ4n) is 1.18. The molecule has 0 aliphatic carbocycles. The van der Waals surface area contributed by atoms with E-state index >= 15 is 0 Å². The van der Waals surface area contributed by atoms with E-state index in [-0.39, 0.29) is 0 Å². The third-order valence-corrected chi connectivity index (χ3v) is 2.72. The van der Waals surface area contributed by atoms with Gasteiger partial charge in [0.25, 0.3) is 0 Å². The summed E-state index contributed by atoms with van der Waals surface area (Å²) in [5.41, 5.74) is 0.918. The number of hydrogen-bond acceptors (Lipinski definition) is 2. The van der Waals surface area contributed by atoms with Gasteiger partial charge in [0.2, 0.25) is 0 Å². The maximum absolute atomic E-state index is 5.88. The smallest absolute Gasteiger partial charge is 0.144 e. The molecular formula is C11H8BrClN2. The van der Waals surface area contributed by atoms with Gasteiger partial charge in [0.05, 0.1) is 4.47 Å². The van der Waals surface area contributed by atoms with Crippen LogP contribution in [0.25, 0.3) is 0 Å². The average molecular weight is 284 g/mol. The zero-order valence-electron chi connectivity index (χ0n) is 7.74. The zero-order valence-corrected chi connectivity index (χ0v) is 10.1. The molecule has 2 rings (SSSR count). The number of halogens is 2. The molecule has 0 spiro atoms. The second-order valence-corrected chi connectivity index (χ2v) is 4.26. The van der Waals surface area contributed by atoms with E-state index < -0.39 is 0 Å². The van der Waals surface area contributed by atoms with Crippen molar-refractivity contribution in [3.63, 3.8) is 0 Å². The van der Waals surface area contributed by atoms with Gasteiger partial charge >= 0.3 is 0 Å². The van der Waals surface area contributed by atoms with Gasteiger partial charge in [-0.1, -0.05) is 17.7 Å². The van der Waals surface area contributed by atoms with Crippen molar-refractivity contribution in [1.29, 1.82) is 0 Å². The Kier molecular flexibility index (Phi) is 3.23. The van der Waals surface area contributed by atoms with E-state index in [1.165, 1.54) is 0 Å². The van der Waals surface area contributed by atoms with Crippen molar-refractivity contribution in [2.24, 2.45) is 0 Å². The second-order valence-electron chi connectivity index (χ2n) is 2.97. The fourth-order valence-corrected chi connectivity index (χ4v) is 1.73. The molecular weight excluding hydrogens is 275 g/mol. The van der Waals surface area contributed by atoms with Crippen LogP contribution in [0, 0.1) is 0 Å². The normalized spacial score (nSPS) is 10.0. The summed E-state index contributed by atoms with van der Waals surface area (Å²) in [6.07, 6.45) is 1.73. The number of aromatic nitrogens is 1. The summed E-state index contributed by atoms with van der Waals surface area (Å²) >= 11 is 9.29. The van der Waals surface area contributed by atoms with E-state index in [2.05, 4.69) is 26.2 Å². The highest BCUT2D eigenvalue weighted by atomic mass is 79.9. The summed E-state index contributed by atoms with van der Waals surface area (Å²) in [5.74, 6) is 0.778. The maximum Gasteiger partial charge on any atom is 0.144 e. The van der Waals surface area contributed by atoms with Crippen molar-refractivity contribution in [3.8, 4) is 0 Å². The number of rotatable bonds is 2. The molecule has 0 bridgehead atoms. The van der Waals surface area contributed by atoms with Crippen molar-refractivity contribution in [2.75, 3.05) is 5.32 Å². The van der Waals surface area contributed by atoms with Gasteiger partial charge in [-0.15, -0.1) is 0 Å². The van der Waals surface area contributed by atoms with Gasteiger partial charge in [-0.3, -0.25) is 0 Å². The lowest BCUT2D eigenvalue weighted by molar-refractivity contribution is 1.29. The molecule has 76 valence electrons. The predicted molar refractivity (Wildman–Crippen MR) is 66.7 cm³/mol. The average Bonchev–Trinajstić information content (AvgIpc) is 2.22. The van der Waals surface area contributed by atoms with Crippen LogP contribution in [0.1, 0.15) is 0 Å². The molecule has 1 aromatic carbocycles. The number of nitrogens with zero attached hydrogens (tertiary/aromatic N) is 1. The number of pyridine rings is 1. The molecule has 0 saturated heterocycles. The maximum atomic E-state index is 5.88. The first-order chi connectivity index (χ1) is 7.25. The van der Waals surface area contributed by atoms with E-state index in [9.17, 15) is 0 Å². The van der Waals surface area contributed by atoms with Crippen LogP contribution in [-0.2, 0) is 0 Å². The molecule has 2 nitrogen and oxygen atoms in total. The van der Waals surface area contributed by atoms with Gasteiger partial charge in [0.15, 0.2) is 0 Å². The highest BCUT2D eigenvalue weighted by Crippen LogP contribution is 2.24. The second kappa shape index (κ2) is 4.64. The van der Waals surface area contributed by atoms with E-state index in [0.717, 1.165) is 16.0 Å². The van der Waals surface area contributed by atoms with Crippen LogP contribution >= 0.6 is 27.5 Å². The Bertz CT molecular complexity index is 474. The quantitative estimate of drug-likeness (QED) is 0.891. The zero-order chi connectivity index (χ0) is 10.7. The van der Waals surface area contributed by atoms with Gasteiger partial charge in [-0.2, -0.15) is 0 Å². The van der Waals surface area contributed by atoms with Gasteiger partial charge in [-0.05, 0) is 46.3 Å².